The SMILES string of the molecule is COc1ccccc1N=c1oc2c3c4c(cc2cc1C(=O)Nc1ccccc1OC)CCCN4CCC3. The van der Waals surface area contributed by atoms with Gasteiger partial charge in [0.25, 0.3) is 5.91 Å². The predicted octanol–water partition coefficient (Wildman–Crippen LogP) is 5.63. The smallest absolute Gasteiger partial charge is 0.261 e. The Kier molecular flexibility index (Phi) is 6.04. The number of para-hydroxylation sites is 4. The highest BCUT2D eigenvalue weighted by Crippen LogP contribution is 2.40. The van der Waals surface area contributed by atoms with Gasteiger partial charge in [0.1, 0.15) is 28.3 Å². The number of aryl methyl sites for hydroxylation is 2. The molecule has 2 aliphatic rings. The van der Waals surface area contributed by atoms with Crippen LogP contribution < -0.4 is 25.2 Å². The Morgan fingerprint density at radius 2 is 1.68 bits per heavy atom. The number of hydrogen-bond acceptors (Lipinski definition) is 6. The van der Waals surface area contributed by atoms with Crippen LogP contribution in [-0.2, 0) is 12.8 Å². The summed E-state index contributed by atoms with van der Waals surface area (Å²) in [5, 5.41) is 3.90. The third-order valence-electron chi connectivity index (χ3n) is 7.14. The van der Waals surface area contributed by atoms with E-state index in [1.54, 1.807) is 20.3 Å². The maximum Gasteiger partial charge on any atom is 0.261 e. The third kappa shape index (κ3) is 4.20. The number of carbonyl (C=O) groups excluding carboxylic acids is 1. The van der Waals surface area contributed by atoms with Gasteiger partial charge in [-0.25, -0.2) is 4.99 Å². The Hall–Kier alpha value is -4.26. The first-order chi connectivity index (χ1) is 18.2. The van der Waals surface area contributed by atoms with E-state index in [0.29, 0.717) is 28.4 Å². The molecule has 0 spiro atoms. The van der Waals surface area contributed by atoms with Crippen LogP contribution in [-0.4, -0.2) is 33.2 Å². The number of benzene rings is 3. The topological polar surface area (TPSA) is 76.3 Å². The van der Waals surface area contributed by atoms with Crippen molar-refractivity contribution in [2.45, 2.75) is 25.7 Å². The summed E-state index contributed by atoms with van der Waals surface area (Å²) in [7, 11) is 3.18. The predicted molar refractivity (Wildman–Crippen MR) is 144 cm³/mol. The standard InChI is InChI=1S/C30H29N3O4/c1-35-25-13-5-3-11-23(25)31-29(34)22-18-20-17-19-9-7-15-33-16-8-10-21(27(19)33)28(20)37-30(22)32-24-12-4-6-14-26(24)36-2/h3-6,11-14,17-18H,7-10,15-16H2,1-2H3,(H,31,34). The monoisotopic (exact) mass is 495 g/mol. The van der Waals surface area contributed by atoms with Crippen LogP contribution in [0.25, 0.3) is 11.0 Å². The lowest BCUT2D eigenvalue weighted by Crippen LogP contribution is -2.34. The van der Waals surface area contributed by atoms with E-state index in [1.807, 2.05) is 48.5 Å². The highest BCUT2D eigenvalue weighted by molar-refractivity contribution is 6.06. The van der Waals surface area contributed by atoms with Crippen LogP contribution in [0.2, 0.25) is 0 Å². The third-order valence-corrected chi connectivity index (χ3v) is 7.14. The number of amides is 1. The summed E-state index contributed by atoms with van der Waals surface area (Å²) in [6.45, 7) is 2.15. The molecule has 0 fully saturated rings. The van der Waals surface area contributed by atoms with Crippen molar-refractivity contribution in [2.24, 2.45) is 4.99 Å². The van der Waals surface area contributed by atoms with Gasteiger partial charge in [0.05, 0.1) is 19.9 Å². The molecule has 0 unspecified atom stereocenters. The molecule has 7 nitrogen and oxygen atoms in total. The normalized spacial score (nSPS) is 14.9. The molecule has 3 heterocycles. The lowest BCUT2D eigenvalue weighted by molar-refractivity contribution is 0.102. The average molecular weight is 496 g/mol. The molecular formula is C30H29N3O4. The zero-order valence-electron chi connectivity index (χ0n) is 21.0. The molecule has 4 aromatic rings. The van der Waals surface area contributed by atoms with Crippen molar-refractivity contribution in [1.29, 1.82) is 0 Å². The van der Waals surface area contributed by atoms with E-state index in [2.05, 4.69) is 16.3 Å². The number of carbonyl (C=O) groups is 1. The average Bonchev–Trinajstić information content (AvgIpc) is 2.94. The van der Waals surface area contributed by atoms with E-state index >= 15 is 0 Å². The molecule has 1 N–H and O–H groups in total. The fourth-order valence-corrected chi connectivity index (χ4v) is 5.47. The molecule has 0 saturated carbocycles. The highest BCUT2D eigenvalue weighted by atomic mass is 16.5. The molecular weight excluding hydrogens is 466 g/mol. The minimum Gasteiger partial charge on any atom is -0.495 e. The lowest BCUT2D eigenvalue weighted by atomic mass is 9.90. The fourth-order valence-electron chi connectivity index (χ4n) is 5.47. The molecule has 0 radical (unpaired) electrons. The molecule has 6 rings (SSSR count). The second kappa shape index (κ2) is 9.65. The second-order valence-corrected chi connectivity index (χ2v) is 9.38. The fraction of sp³-hybridized carbons (Fsp3) is 0.267. The summed E-state index contributed by atoms with van der Waals surface area (Å²) in [6.07, 6.45) is 4.19. The van der Waals surface area contributed by atoms with Crippen LogP contribution in [0.5, 0.6) is 11.5 Å². The number of hydrogen-bond donors (Lipinski definition) is 1. The molecule has 0 saturated heterocycles. The van der Waals surface area contributed by atoms with Crippen LogP contribution in [0.3, 0.4) is 0 Å². The van der Waals surface area contributed by atoms with Crippen molar-refractivity contribution in [2.75, 3.05) is 37.5 Å². The van der Waals surface area contributed by atoms with Crippen LogP contribution in [0.1, 0.15) is 34.3 Å². The first kappa shape index (κ1) is 23.2. The minimum absolute atomic E-state index is 0.244. The maximum atomic E-state index is 13.7. The zero-order valence-corrected chi connectivity index (χ0v) is 21.0. The van der Waals surface area contributed by atoms with E-state index in [4.69, 9.17) is 18.9 Å². The Morgan fingerprint density at radius 1 is 0.946 bits per heavy atom. The number of rotatable bonds is 5. The molecule has 1 aromatic heterocycles. The highest BCUT2D eigenvalue weighted by Gasteiger charge is 2.27. The van der Waals surface area contributed by atoms with Crippen LogP contribution in [0.15, 0.2) is 70.1 Å². The van der Waals surface area contributed by atoms with Gasteiger partial charge in [-0.2, -0.15) is 0 Å². The Morgan fingerprint density at radius 3 is 2.49 bits per heavy atom. The molecule has 188 valence electrons. The summed E-state index contributed by atoms with van der Waals surface area (Å²) in [6, 6.07) is 18.9. The van der Waals surface area contributed by atoms with Crippen molar-refractivity contribution < 1.29 is 18.7 Å². The van der Waals surface area contributed by atoms with E-state index < -0.39 is 0 Å². The molecule has 37 heavy (non-hydrogen) atoms. The van der Waals surface area contributed by atoms with Crippen molar-refractivity contribution in [3.63, 3.8) is 0 Å². The molecule has 7 heteroatoms. The Labute approximate surface area is 215 Å². The molecule has 0 bridgehead atoms. The number of fused-ring (bicyclic) bond motifs is 2. The quantitative estimate of drug-likeness (QED) is 0.388. The zero-order chi connectivity index (χ0) is 25.4. The molecule has 3 aromatic carbocycles. The van der Waals surface area contributed by atoms with Gasteiger partial charge in [0.2, 0.25) is 5.55 Å². The number of nitrogens with zero attached hydrogens (tertiary/aromatic N) is 2. The number of anilines is 2. The van der Waals surface area contributed by atoms with Crippen molar-refractivity contribution in [3.05, 3.63) is 82.9 Å². The Balaban J connectivity index is 1.57. The number of ether oxygens (including phenoxy) is 2. The number of methoxy groups -OCH3 is 2. The van der Waals surface area contributed by atoms with Crippen molar-refractivity contribution in [3.8, 4) is 11.5 Å². The maximum absolute atomic E-state index is 13.7. The van der Waals surface area contributed by atoms with E-state index in [-0.39, 0.29) is 11.5 Å². The summed E-state index contributed by atoms with van der Waals surface area (Å²) >= 11 is 0. The summed E-state index contributed by atoms with van der Waals surface area (Å²) < 4.78 is 17.5. The van der Waals surface area contributed by atoms with Gasteiger partial charge in [-0.05, 0) is 67.6 Å². The molecule has 0 aliphatic carbocycles. The van der Waals surface area contributed by atoms with Gasteiger partial charge in [-0.1, -0.05) is 24.3 Å². The first-order valence-electron chi connectivity index (χ1n) is 12.7. The lowest BCUT2D eigenvalue weighted by Gasteiger charge is -2.37. The molecule has 0 atom stereocenters. The summed E-state index contributed by atoms with van der Waals surface area (Å²) in [5.74, 6) is 0.860. The van der Waals surface area contributed by atoms with Gasteiger partial charge in [-0.3, -0.25) is 4.79 Å². The van der Waals surface area contributed by atoms with E-state index in [0.717, 1.165) is 49.7 Å². The van der Waals surface area contributed by atoms with Crippen LogP contribution in [0.4, 0.5) is 17.1 Å². The van der Waals surface area contributed by atoms with E-state index in [9.17, 15) is 4.79 Å². The minimum atomic E-state index is -0.322. The number of nitrogens with one attached hydrogen (secondary N) is 1. The van der Waals surface area contributed by atoms with E-state index in [1.165, 1.54) is 16.8 Å². The van der Waals surface area contributed by atoms with Crippen molar-refractivity contribution in [1.82, 2.24) is 0 Å². The van der Waals surface area contributed by atoms with Gasteiger partial charge in [0, 0.05) is 29.7 Å². The van der Waals surface area contributed by atoms with Gasteiger partial charge >= 0.3 is 0 Å². The second-order valence-electron chi connectivity index (χ2n) is 9.38. The van der Waals surface area contributed by atoms with Gasteiger partial charge in [-0.15, -0.1) is 0 Å². The van der Waals surface area contributed by atoms with Crippen LogP contribution >= 0.6 is 0 Å². The first-order valence-corrected chi connectivity index (χ1v) is 12.7. The van der Waals surface area contributed by atoms with Crippen LogP contribution in [0, 0.1) is 0 Å². The van der Waals surface area contributed by atoms with Crippen molar-refractivity contribution >= 4 is 33.9 Å². The van der Waals surface area contributed by atoms with Gasteiger partial charge in [0.15, 0.2) is 0 Å². The Bertz CT molecular complexity index is 1570. The molecule has 1 amide bonds. The van der Waals surface area contributed by atoms with Gasteiger partial charge < -0.3 is 24.1 Å². The summed E-state index contributed by atoms with van der Waals surface area (Å²) in [4.78, 5) is 20.9. The largest absolute Gasteiger partial charge is 0.495 e. The molecule has 2 aliphatic heterocycles. The summed E-state index contributed by atoms with van der Waals surface area (Å²) in [5.41, 5.74) is 6.41.